The summed E-state index contributed by atoms with van der Waals surface area (Å²) in [5, 5.41) is 0. The number of halogens is 1. The van der Waals surface area contributed by atoms with Crippen molar-refractivity contribution >= 4 is 34.5 Å². The molecule has 5 heteroatoms. The normalized spacial score (nSPS) is 15.1. The molecule has 1 aliphatic heterocycles. The van der Waals surface area contributed by atoms with Crippen LogP contribution in [0.25, 0.3) is 0 Å². The van der Waals surface area contributed by atoms with Crippen molar-refractivity contribution in [2.75, 3.05) is 0 Å². The molecule has 1 atom stereocenters. The predicted molar refractivity (Wildman–Crippen MR) is 69.5 cm³/mol. The number of rotatable bonds is 3. The number of ether oxygens (including phenoxy) is 2. The quantitative estimate of drug-likeness (QED) is 0.365. The van der Waals surface area contributed by atoms with Gasteiger partial charge in [-0.15, -0.1) is 0 Å². The maximum Gasteiger partial charge on any atom is 0.324 e. The van der Waals surface area contributed by atoms with E-state index in [9.17, 15) is 9.59 Å². The van der Waals surface area contributed by atoms with Crippen LogP contribution in [-0.4, -0.2) is 15.9 Å². The second-order valence-corrected chi connectivity index (χ2v) is 5.22. The molecule has 0 N–H and O–H groups in total. The molecule has 1 aromatic carbocycles. The van der Waals surface area contributed by atoms with Crippen LogP contribution in [0, 0.1) is 0 Å². The molecule has 0 bridgehead atoms. The number of benzene rings is 1. The first-order valence-corrected chi connectivity index (χ1v) is 6.54. The smallest absolute Gasteiger partial charge is 0.324 e. The zero-order valence-corrected chi connectivity index (χ0v) is 11.4. The Balaban J connectivity index is 2.11. The molecule has 2 rings (SSSR count). The summed E-state index contributed by atoms with van der Waals surface area (Å²) in [7, 11) is 0. The van der Waals surface area contributed by atoms with Crippen molar-refractivity contribution in [3.05, 3.63) is 23.8 Å². The average molecular weight is 346 g/mol. The van der Waals surface area contributed by atoms with Crippen LogP contribution in [0.2, 0.25) is 0 Å². The van der Waals surface area contributed by atoms with Gasteiger partial charge in [-0.1, -0.05) is 35.6 Å². The van der Waals surface area contributed by atoms with Crippen molar-refractivity contribution in [3.63, 3.8) is 0 Å². The minimum Gasteiger partial charge on any atom is -0.426 e. The number of hydrogen-bond donors (Lipinski definition) is 0. The summed E-state index contributed by atoms with van der Waals surface area (Å²) in [4.78, 5) is 22.6. The first-order valence-electron chi connectivity index (χ1n) is 5.29. The van der Waals surface area contributed by atoms with E-state index in [1.54, 1.807) is 18.2 Å². The van der Waals surface area contributed by atoms with Gasteiger partial charge < -0.3 is 9.47 Å². The van der Waals surface area contributed by atoms with Crippen LogP contribution in [0.4, 0.5) is 0 Å². The number of hydrogen-bond acceptors (Lipinski definition) is 4. The molecule has 0 fully saturated rings. The largest absolute Gasteiger partial charge is 0.426 e. The summed E-state index contributed by atoms with van der Waals surface area (Å²) in [6, 6.07) is 5.01. The lowest BCUT2D eigenvalue weighted by Crippen LogP contribution is -2.19. The van der Waals surface area contributed by atoms with Crippen molar-refractivity contribution in [1.29, 1.82) is 0 Å². The lowest BCUT2D eigenvalue weighted by atomic mass is 10.1. The number of alkyl halides is 1. The number of fused-ring (bicyclic) bond motifs is 1. The highest BCUT2D eigenvalue weighted by atomic mass is 127. The van der Waals surface area contributed by atoms with E-state index in [-0.39, 0.29) is 22.3 Å². The lowest BCUT2D eigenvalue weighted by molar-refractivity contribution is -0.133. The summed E-state index contributed by atoms with van der Waals surface area (Å²) < 4.78 is 10.0. The fraction of sp³-hybridized carbons (Fsp3) is 0.333. The monoisotopic (exact) mass is 346 g/mol. The van der Waals surface area contributed by atoms with E-state index in [1.807, 2.05) is 29.5 Å². The van der Waals surface area contributed by atoms with E-state index in [1.165, 1.54) is 0 Å². The van der Waals surface area contributed by atoms with Crippen LogP contribution in [0.1, 0.15) is 18.9 Å². The molecule has 17 heavy (non-hydrogen) atoms. The van der Waals surface area contributed by atoms with Crippen LogP contribution in [-0.2, 0) is 16.0 Å². The second-order valence-electron chi connectivity index (χ2n) is 3.72. The molecule has 4 nitrogen and oxygen atoms in total. The zero-order chi connectivity index (χ0) is 12.4. The van der Waals surface area contributed by atoms with E-state index in [2.05, 4.69) is 0 Å². The summed E-state index contributed by atoms with van der Waals surface area (Å²) in [6.07, 6.45) is 1.01. The maximum atomic E-state index is 11.6. The highest BCUT2D eigenvalue weighted by molar-refractivity contribution is 14.1. The second kappa shape index (κ2) is 5.03. The van der Waals surface area contributed by atoms with Crippen molar-refractivity contribution in [1.82, 2.24) is 0 Å². The maximum absolute atomic E-state index is 11.6. The minimum absolute atomic E-state index is 0.164. The van der Waals surface area contributed by atoms with Gasteiger partial charge in [0, 0.05) is 11.6 Å². The number of carbonyl (C=O) groups excluding carboxylic acids is 2. The molecule has 1 heterocycles. The van der Waals surface area contributed by atoms with Gasteiger partial charge in [0.15, 0.2) is 0 Å². The van der Waals surface area contributed by atoms with E-state index < -0.39 is 0 Å². The van der Waals surface area contributed by atoms with Crippen molar-refractivity contribution < 1.29 is 19.1 Å². The Morgan fingerprint density at radius 1 is 1.59 bits per heavy atom. The number of carbonyl (C=O) groups is 2. The third kappa shape index (κ3) is 2.77. The van der Waals surface area contributed by atoms with E-state index in [0.717, 1.165) is 12.0 Å². The molecule has 1 aromatic rings. The van der Waals surface area contributed by atoms with Gasteiger partial charge in [-0.25, -0.2) is 0 Å². The van der Waals surface area contributed by atoms with E-state index in [4.69, 9.17) is 9.47 Å². The van der Waals surface area contributed by atoms with Crippen LogP contribution in [0.5, 0.6) is 11.5 Å². The third-order valence-corrected chi connectivity index (χ3v) is 3.82. The molecule has 0 spiro atoms. The first kappa shape index (κ1) is 12.3. The molecule has 0 aliphatic carbocycles. The van der Waals surface area contributed by atoms with Gasteiger partial charge in [-0.2, -0.15) is 0 Å². The molecule has 0 saturated heterocycles. The molecule has 0 saturated carbocycles. The Labute approximate surface area is 112 Å². The van der Waals surface area contributed by atoms with Gasteiger partial charge in [0.05, 0.1) is 6.42 Å². The van der Waals surface area contributed by atoms with Crippen LogP contribution in [0.15, 0.2) is 18.2 Å². The minimum atomic E-state index is -0.280. The van der Waals surface area contributed by atoms with E-state index >= 15 is 0 Å². The molecular weight excluding hydrogens is 335 g/mol. The van der Waals surface area contributed by atoms with Crippen molar-refractivity contribution in [2.24, 2.45) is 0 Å². The Morgan fingerprint density at radius 2 is 2.35 bits per heavy atom. The van der Waals surface area contributed by atoms with Crippen LogP contribution < -0.4 is 9.47 Å². The molecule has 0 radical (unpaired) electrons. The molecule has 0 aromatic heterocycles. The lowest BCUT2D eigenvalue weighted by Gasteiger charge is -2.08. The van der Waals surface area contributed by atoms with Crippen LogP contribution in [0.3, 0.4) is 0 Å². The molecule has 1 aliphatic rings. The van der Waals surface area contributed by atoms with E-state index in [0.29, 0.717) is 11.5 Å². The van der Waals surface area contributed by atoms with Gasteiger partial charge in [0.2, 0.25) is 0 Å². The van der Waals surface area contributed by atoms with Gasteiger partial charge in [0.1, 0.15) is 15.4 Å². The molecular formula is C12H11IO4. The Kier molecular flexibility index (Phi) is 3.66. The van der Waals surface area contributed by atoms with Crippen molar-refractivity contribution in [2.45, 2.75) is 23.7 Å². The zero-order valence-electron chi connectivity index (χ0n) is 9.23. The van der Waals surface area contributed by atoms with Gasteiger partial charge >= 0.3 is 11.9 Å². The fourth-order valence-corrected chi connectivity index (χ4v) is 1.63. The van der Waals surface area contributed by atoms with Gasteiger partial charge in [0.25, 0.3) is 0 Å². The highest BCUT2D eigenvalue weighted by Crippen LogP contribution is 2.30. The Bertz CT molecular complexity index is 470. The summed E-state index contributed by atoms with van der Waals surface area (Å²) in [6.45, 7) is 1.92. The van der Waals surface area contributed by atoms with Gasteiger partial charge in [-0.05, 0) is 12.5 Å². The number of esters is 2. The standard InChI is InChI=1S/C12H11IO4/c1-2-9(13)12(15)16-8-4-3-7-5-11(14)17-10(7)6-8/h3-4,6,9H,2,5H2,1H3. The molecule has 0 amide bonds. The fourth-order valence-electron chi connectivity index (χ4n) is 1.50. The Morgan fingerprint density at radius 3 is 3.06 bits per heavy atom. The third-order valence-electron chi connectivity index (χ3n) is 2.43. The summed E-state index contributed by atoms with van der Waals surface area (Å²) in [5.74, 6) is 0.349. The summed E-state index contributed by atoms with van der Waals surface area (Å²) >= 11 is 2.04. The Hall–Kier alpha value is -1.11. The topological polar surface area (TPSA) is 52.6 Å². The average Bonchev–Trinajstić information content (AvgIpc) is 2.67. The summed E-state index contributed by atoms with van der Waals surface area (Å²) in [5.41, 5.74) is 0.830. The first-order chi connectivity index (χ1) is 8.10. The predicted octanol–water partition coefficient (Wildman–Crippen LogP) is 2.27. The van der Waals surface area contributed by atoms with Crippen molar-refractivity contribution in [3.8, 4) is 11.5 Å². The van der Waals surface area contributed by atoms with Crippen LogP contribution >= 0.6 is 22.6 Å². The molecule has 90 valence electrons. The van der Waals surface area contributed by atoms with Gasteiger partial charge in [-0.3, -0.25) is 9.59 Å². The molecule has 1 unspecified atom stereocenters. The highest BCUT2D eigenvalue weighted by Gasteiger charge is 2.22. The SMILES string of the molecule is CCC(I)C(=O)Oc1ccc2c(c1)OC(=O)C2.